The van der Waals surface area contributed by atoms with Crippen LogP contribution in [0.5, 0.6) is 11.5 Å². The summed E-state index contributed by atoms with van der Waals surface area (Å²) in [5, 5.41) is 25.3. The van der Waals surface area contributed by atoms with E-state index in [9.17, 15) is 10.2 Å². The van der Waals surface area contributed by atoms with E-state index in [1.807, 2.05) is 74.5 Å². The predicted molar refractivity (Wildman–Crippen MR) is 99.7 cm³/mol. The summed E-state index contributed by atoms with van der Waals surface area (Å²) < 4.78 is 0. The van der Waals surface area contributed by atoms with Crippen LogP contribution in [0.25, 0.3) is 32.7 Å². The Morgan fingerprint density at radius 1 is 0.542 bits per heavy atom. The zero-order valence-electron chi connectivity index (χ0n) is 13.7. The van der Waals surface area contributed by atoms with Crippen LogP contribution in [0.2, 0.25) is 0 Å². The van der Waals surface area contributed by atoms with Gasteiger partial charge in [-0.3, -0.25) is 0 Å². The van der Waals surface area contributed by atoms with Gasteiger partial charge in [0.15, 0.2) is 0 Å². The molecule has 4 aromatic rings. The largest absolute Gasteiger partial charge is 0.507 e. The highest BCUT2D eigenvalue weighted by Gasteiger charge is 2.16. The first-order chi connectivity index (χ1) is 11.6. The first-order valence-corrected chi connectivity index (χ1v) is 8.01. The summed E-state index contributed by atoms with van der Waals surface area (Å²) in [6.07, 6.45) is 0. The molecule has 0 aromatic heterocycles. The molecular weight excluding hydrogens is 296 g/mol. The number of hydrogen-bond donors (Lipinski definition) is 2. The quantitative estimate of drug-likeness (QED) is 0.474. The Morgan fingerprint density at radius 2 is 0.875 bits per heavy atom. The second-order valence-electron chi connectivity index (χ2n) is 6.27. The summed E-state index contributed by atoms with van der Waals surface area (Å²) in [5.74, 6) is 0.419. The van der Waals surface area contributed by atoms with Crippen LogP contribution in [0, 0.1) is 13.8 Å². The smallest absolute Gasteiger partial charge is 0.131 e. The minimum absolute atomic E-state index is 0.209. The van der Waals surface area contributed by atoms with Crippen LogP contribution in [-0.4, -0.2) is 10.2 Å². The van der Waals surface area contributed by atoms with Gasteiger partial charge in [-0.1, -0.05) is 48.5 Å². The standard InChI is InChI=1S/C22H18O2/c1-13-11-19(21(23)17-9-5-3-7-15(13)17)20-12-14(2)16-8-4-6-10-18(16)22(20)24/h3-12,23-24H,1-2H3. The molecule has 0 fully saturated rings. The summed E-state index contributed by atoms with van der Waals surface area (Å²) in [5.41, 5.74) is 3.47. The Hall–Kier alpha value is -3.00. The van der Waals surface area contributed by atoms with Gasteiger partial charge in [-0.25, -0.2) is 0 Å². The highest BCUT2D eigenvalue weighted by molar-refractivity contribution is 6.02. The number of hydrogen-bond acceptors (Lipinski definition) is 2. The van der Waals surface area contributed by atoms with Gasteiger partial charge in [-0.2, -0.15) is 0 Å². The van der Waals surface area contributed by atoms with Crippen molar-refractivity contribution in [3.63, 3.8) is 0 Å². The normalized spacial score (nSPS) is 11.2. The molecule has 0 heterocycles. The van der Waals surface area contributed by atoms with Gasteiger partial charge < -0.3 is 10.2 Å². The number of aromatic hydroxyl groups is 2. The van der Waals surface area contributed by atoms with Gasteiger partial charge in [-0.15, -0.1) is 0 Å². The predicted octanol–water partition coefficient (Wildman–Crippen LogP) is 5.69. The first kappa shape index (κ1) is 14.6. The van der Waals surface area contributed by atoms with Crippen LogP contribution in [0.15, 0.2) is 60.7 Å². The lowest BCUT2D eigenvalue weighted by atomic mass is 9.92. The van der Waals surface area contributed by atoms with Crippen LogP contribution in [0.3, 0.4) is 0 Å². The molecule has 0 bridgehead atoms. The molecule has 2 heteroatoms. The number of phenolic OH excluding ortho intramolecular Hbond substituents is 2. The van der Waals surface area contributed by atoms with E-state index in [1.54, 1.807) is 0 Å². The van der Waals surface area contributed by atoms with Gasteiger partial charge in [0, 0.05) is 21.9 Å². The highest BCUT2D eigenvalue weighted by Crippen LogP contribution is 2.44. The molecule has 0 radical (unpaired) electrons. The molecule has 0 unspecified atom stereocenters. The van der Waals surface area contributed by atoms with Crippen molar-refractivity contribution in [2.75, 3.05) is 0 Å². The molecule has 0 saturated carbocycles. The van der Waals surface area contributed by atoms with E-state index in [1.165, 1.54) is 0 Å². The maximum Gasteiger partial charge on any atom is 0.131 e. The summed E-state index contributed by atoms with van der Waals surface area (Å²) in [6.45, 7) is 4.05. The molecule has 0 atom stereocenters. The molecule has 0 amide bonds. The molecule has 118 valence electrons. The molecule has 0 spiro atoms. The van der Waals surface area contributed by atoms with Gasteiger partial charge in [0.1, 0.15) is 11.5 Å². The van der Waals surface area contributed by atoms with Crippen LogP contribution in [0.4, 0.5) is 0 Å². The van der Waals surface area contributed by atoms with Crippen LogP contribution < -0.4 is 0 Å². The molecule has 0 saturated heterocycles. The number of phenols is 2. The molecule has 0 aliphatic rings. The van der Waals surface area contributed by atoms with Crippen molar-refractivity contribution < 1.29 is 10.2 Å². The lowest BCUT2D eigenvalue weighted by Crippen LogP contribution is -1.89. The summed E-state index contributed by atoms with van der Waals surface area (Å²) in [7, 11) is 0. The highest BCUT2D eigenvalue weighted by atomic mass is 16.3. The van der Waals surface area contributed by atoms with Crippen molar-refractivity contribution >= 4 is 21.5 Å². The Balaban J connectivity index is 2.10. The molecule has 2 N–H and O–H groups in total. The Labute approximate surface area is 140 Å². The zero-order valence-corrected chi connectivity index (χ0v) is 13.7. The van der Waals surface area contributed by atoms with Gasteiger partial charge in [0.25, 0.3) is 0 Å². The van der Waals surface area contributed by atoms with E-state index in [2.05, 4.69) is 0 Å². The number of benzene rings is 4. The van der Waals surface area contributed by atoms with Crippen LogP contribution >= 0.6 is 0 Å². The van der Waals surface area contributed by atoms with E-state index < -0.39 is 0 Å². The van der Waals surface area contributed by atoms with Crippen molar-refractivity contribution in [2.24, 2.45) is 0 Å². The number of aryl methyl sites for hydroxylation is 2. The lowest BCUT2D eigenvalue weighted by molar-refractivity contribution is 0.475. The Kier molecular flexibility index (Phi) is 3.20. The number of fused-ring (bicyclic) bond motifs is 2. The summed E-state index contributed by atoms with van der Waals surface area (Å²) in [6, 6.07) is 19.5. The fourth-order valence-electron chi connectivity index (χ4n) is 3.49. The summed E-state index contributed by atoms with van der Waals surface area (Å²) >= 11 is 0. The minimum atomic E-state index is 0.209. The van der Waals surface area contributed by atoms with E-state index in [-0.39, 0.29) is 11.5 Å². The minimum Gasteiger partial charge on any atom is -0.507 e. The summed E-state index contributed by atoms with van der Waals surface area (Å²) in [4.78, 5) is 0. The average Bonchev–Trinajstić information content (AvgIpc) is 2.61. The van der Waals surface area contributed by atoms with Crippen molar-refractivity contribution in [3.05, 3.63) is 71.8 Å². The first-order valence-electron chi connectivity index (χ1n) is 8.01. The second kappa shape index (κ2) is 5.27. The van der Waals surface area contributed by atoms with Crippen LogP contribution in [0.1, 0.15) is 11.1 Å². The average molecular weight is 314 g/mol. The molecule has 0 aliphatic carbocycles. The Bertz CT molecular complexity index is 1000. The van der Waals surface area contributed by atoms with E-state index in [0.29, 0.717) is 11.1 Å². The third-order valence-corrected chi connectivity index (χ3v) is 4.74. The zero-order chi connectivity index (χ0) is 16.8. The monoisotopic (exact) mass is 314 g/mol. The van der Waals surface area contributed by atoms with Crippen molar-refractivity contribution in [3.8, 4) is 22.6 Å². The third-order valence-electron chi connectivity index (χ3n) is 4.74. The van der Waals surface area contributed by atoms with E-state index in [0.717, 1.165) is 32.7 Å². The molecule has 2 nitrogen and oxygen atoms in total. The van der Waals surface area contributed by atoms with E-state index >= 15 is 0 Å². The van der Waals surface area contributed by atoms with Gasteiger partial charge >= 0.3 is 0 Å². The fraction of sp³-hybridized carbons (Fsp3) is 0.0909. The number of rotatable bonds is 1. The Morgan fingerprint density at radius 3 is 1.25 bits per heavy atom. The van der Waals surface area contributed by atoms with Crippen molar-refractivity contribution in [2.45, 2.75) is 13.8 Å². The maximum absolute atomic E-state index is 10.8. The molecule has 0 aliphatic heterocycles. The van der Waals surface area contributed by atoms with Crippen LogP contribution in [-0.2, 0) is 0 Å². The molecule has 4 rings (SSSR count). The third kappa shape index (κ3) is 2.04. The van der Waals surface area contributed by atoms with Crippen molar-refractivity contribution in [1.82, 2.24) is 0 Å². The van der Waals surface area contributed by atoms with Crippen molar-refractivity contribution in [1.29, 1.82) is 0 Å². The molecular formula is C22H18O2. The maximum atomic E-state index is 10.8. The fourth-order valence-corrected chi connectivity index (χ4v) is 3.49. The SMILES string of the molecule is Cc1cc(-c2cc(C)c3ccccc3c2O)c(O)c2ccccc12. The van der Waals surface area contributed by atoms with Gasteiger partial charge in [-0.05, 0) is 47.9 Å². The molecule has 4 aromatic carbocycles. The van der Waals surface area contributed by atoms with E-state index in [4.69, 9.17) is 0 Å². The van der Waals surface area contributed by atoms with Gasteiger partial charge in [0.05, 0.1) is 0 Å². The second-order valence-corrected chi connectivity index (χ2v) is 6.27. The van der Waals surface area contributed by atoms with Gasteiger partial charge in [0.2, 0.25) is 0 Å². The lowest BCUT2D eigenvalue weighted by Gasteiger charge is -2.15. The molecule has 24 heavy (non-hydrogen) atoms. The topological polar surface area (TPSA) is 40.5 Å².